The third-order valence-corrected chi connectivity index (χ3v) is 4.64. The van der Waals surface area contributed by atoms with E-state index in [1.165, 1.54) is 0 Å². The Morgan fingerprint density at radius 3 is 3.09 bits per heavy atom. The first-order valence-corrected chi connectivity index (χ1v) is 8.08. The lowest BCUT2D eigenvalue weighted by molar-refractivity contribution is -0.0387. The Labute approximate surface area is 133 Å². The van der Waals surface area contributed by atoms with Crippen LogP contribution in [-0.2, 0) is 6.54 Å². The quantitative estimate of drug-likeness (QED) is 0.922. The number of β-amino-alcohol motifs (C(OH)–C–C–N with tert-alkyl or cyclic N) is 1. The van der Waals surface area contributed by atoms with E-state index < -0.39 is 5.60 Å². The van der Waals surface area contributed by atoms with E-state index in [1.807, 2.05) is 0 Å². The molecule has 23 heavy (non-hydrogen) atoms. The summed E-state index contributed by atoms with van der Waals surface area (Å²) in [7, 11) is 0. The Hall–Kier alpha value is -2.15. The average Bonchev–Trinajstić information content (AvgIpc) is 3.05. The van der Waals surface area contributed by atoms with Gasteiger partial charge in [-0.15, -0.1) is 5.10 Å². The minimum absolute atomic E-state index is 0.0441. The van der Waals surface area contributed by atoms with Gasteiger partial charge in [0.2, 0.25) is 0 Å². The highest BCUT2D eigenvalue weighted by Gasteiger charge is 2.38. The number of hydrogen-bond acceptors (Lipinski definition) is 5. The summed E-state index contributed by atoms with van der Waals surface area (Å²) < 4.78 is 7.12. The van der Waals surface area contributed by atoms with Crippen molar-refractivity contribution in [2.24, 2.45) is 0 Å². The summed E-state index contributed by atoms with van der Waals surface area (Å²) in [5.41, 5.74) is -0.317. The van der Waals surface area contributed by atoms with E-state index in [9.17, 15) is 9.90 Å². The van der Waals surface area contributed by atoms with Crippen LogP contribution in [0.15, 0.2) is 29.1 Å². The topological polar surface area (TPSA) is 84.4 Å². The lowest BCUT2D eigenvalue weighted by atomic mass is 9.92. The zero-order chi connectivity index (χ0) is 15.9. The Kier molecular flexibility index (Phi) is 3.45. The molecule has 1 amide bonds. The average molecular weight is 316 g/mol. The number of hydrogen-bond donors (Lipinski definition) is 1. The standard InChI is InChI=1S/C16H20N4O3/c21-15(13-4-9-23-14(13)12-2-3-12)19-7-1-5-16(22,10-19)11-20-8-6-17-18-20/h4,6,8-9,12,22H,1-3,5,7,10-11H2. The molecule has 2 fully saturated rings. The summed E-state index contributed by atoms with van der Waals surface area (Å²) in [5, 5.41) is 18.5. The highest BCUT2D eigenvalue weighted by atomic mass is 16.3. The normalized spacial score (nSPS) is 24.8. The number of aromatic nitrogens is 3. The number of nitrogens with zero attached hydrogens (tertiary/aromatic N) is 4. The van der Waals surface area contributed by atoms with E-state index in [2.05, 4.69) is 10.3 Å². The van der Waals surface area contributed by atoms with Gasteiger partial charge in [-0.05, 0) is 31.7 Å². The second-order valence-corrected chi connectivity index (χ2v) is 6.63. The molecule has 1 saturated carbocycles. The number of aliphatic hydroxyl groups is 1. The Morgan fingerprint density at radius 2 is 2.35 bits per heavy atom. The van der Waals surface area contributed by atoms with Crippen LogP contribution in [0.5, 0.6) is 0 Å². The molecule has 1 saturated heterocycles. The lowest BCUT2D eigenvalue weighted by Crippen LogP contribution is -2.52. The number of carbonyl (C=O) groups excluding carboxylic acids is 1. The zero-order valence-electron chi connectivity index (χ0n) is 12.9. The summed E-state index contributed by atoms with van der Waals surface area (Å²) >= 11 is 0. The number of carbonyl (C=O) groups is 1. The predicted octanol–water partition coefficient (Wildman–Crippen LogP) is 1.42. The van der Waals surface area contributed by atoms with Crippen LogP contribution in [-0.4, -0.2) is 49.6 Å². The monoisotopic (exact) mass is 316 g/mol. The summed E-state index contributed by atoms with van der Waals surface area (Å²) in [6.45, 7) is 1.31. The van der Waals surface area contributed by atoms with Crippen LogP contribution in [0.3, 0.4) is 0 Å². The van der Waals surface area contributed by atoms with Crippen molar-refractivity contribution in [1.82, 2.24) is 19.9 Å². The SMILES string of the molecule is O=C(c1ccoc1C1CC1)N1CCCC(O)(Cn2ccnn2)C1. The second kappa shape index (κ2) is 5.49. The van der Waals surface area contributed by atoms with Crippen LogP contribution in [0.2, 0.25) is 0 Å². The molecule has 7 heteroatoms. The molecule has 122 valence electrons. The Morgan fingerprint density at radius 1 is 1.48 bits per heavy atom. The molecule has 7 nitrogen and oxygen atoms in total. The molecule has 1 aliphatic carbocycles. The van der Waals surface area contributed by atoms with Crippen molar-refractivity contribution < 1.29 is 14.3 Å². The molecule has 0 radical (unpaired) electrons. The maximum atomic E-state index is 12.8. The van der Waals surface area contributed by atoms with Crippen molar-refractivity contribution in [2.45, 2.75) is 43.7 Å². The van der Waals surface area contributed by atoms with Gasteiger partial charge >= 0.3 is 0 Å². The van der Waals surface area contributed by atoms with E-state index in [0.717, 1.165) is 25.0 Å². The fraction of sp³-hybridized carbons (Fsp3) is 0.562. The fourth-order valence-electron chi connectivity index (χ4n) is 3.36. The third kappa shape index (κ3) is 2.88. The molecule has 0 aromatic carbocycles. The van der Waals surface area contributed by atoms with Gasteiger partial charge in [-0.25, -0.2) is 4.68 Å². The van der Waals surface area contributed by atoms with Crippen LogP contribution < -0.4 is 0 Å². The van der Waals surface area contributed by atoms with Crippen LogP contribution >= 0.6 is 0 Å². The molecule has 4 rings (SSSR count). The molecule has 1 unspecified atom stereocenters. The summed E-state index contributed by atoms with van der Waals surface area (Å²) in [6, 6.07) is 1.75. The molecule has 3 heterocycles. The molecule has 2 aromatic rings. The van der Waals surface area contributed by atoms with E-state index >= 15 is 0 Å². The largest absolute Gasteiger partial charge is 0.468 e. The predicted molar refractivity (Wildman–Crippen MR) is 80.8 cm³/mol. The summed E-state index contributed by atoms with van der Waals surface area (Å²) in [4.78, 5) is 14.6. The van der Waals surface area contributed by atoms with E-state index in [1.54, 1.807) is 34.3 Å². The van der Waals surface area contributed by atoms with E-state index in [-0.39, 0.29) is 5.91 Å². The minimum Gasteiger partial charge on any atom is -0.468 e. The third-order valence-electron chi connectivity index (χ3n) is 4.64. The van der Waals surface area contributed by atoms with Crippen LogP contribution in [0.25, 0.3) is 0 Å². The van der Waals surface area contributed by atoms with Gasteiger partial charge in [0.15, 0.2) is 0 Å². The highest BCUT2D eigenvalue weighted by Crippen LogP contribution is 2.42. The molecule has 2 aromatic heterocycles. The van der Waals surface area contributed by atoms with Crippen molar-refractivity contribution in [3.8, 4) is 0 Å². The molecule has 2 aliphatic rings. The number of furan rings is 1. The van der Waals surface area contributed by atoms with E-state index in [0.29, 0.717) is 37.5 Å². The summed E-state index contributed by atoms with van der Waals surface area (Å²) in [6.07, 6.45) is 8.49. The smallest absolute Gasteiger partial charge is 0.257 e. The molecule has 1 atom stereocenters. The van der Waals surface area contributed by atoms with Gasteiger partial charge in [0.1, 0.15) is 11.4 Å². The van der Waals surface area contributed by atoms with Crippen molar-refractivity contribution in [3.63, 3.8) is 0 Å². The van der Waals surface area contributed by atoms with Crippen LogP contribution in [0, 0.1) is 0 Å². The first-order valence-electron chi connectivity index (χ1n) is 8.08. The van der Waals surface area contributed by atoms with Gasteiger partial charge in [0, 0.05) is 18.7 Å². The molecular formula is C16H20N4O3. The van der Waals surface area contributed by atoms with Crippen molar-refractivity contribution in [1.29, 1.82) is 0 Å². The van der Waals surface area contributed by atoms with Crippen molar-refractivity contribution in [3.05, 3.63) is 36.0 Å². The number of piperidine rings is 1. The first-order chi connectivity index (χ1) is 11.1. The minimum atomic E-state index is -0.967. The van der Waals surface area contributed by atoms with Crippen molar-refractivity contribution >= 4 is 5.91 Å². The van der Waals surface area contributed by atoms with Crippen LogP contribution in [0.4, 0.5) is 0 Å². The molecule has 1 aliphatic heterocycles. The summed E-state index contributed by atoms with van der Waals surface area (Å²) in [5.74, 6) is 1.15. The maximum absolute atomic E-state index is 12.8. The number of amides is 1. The zero-order valence-corrected chi connectivity index (χ0v) is 12.9. The molecule has 0 bridgehead atoms. The molecule has 1 N–H and O–H groups in total. The van der Waals surface area contributed by atoms with Gasteiger partial charge < -0.3 is 14.4 Å². The van der Waals surface area contributed by atoms with Gasteiger partial charge in [-0.3, -0.25) is 4.79 Å². The van der Waals surface area contributed by atoms with Gasteiger partial charge in [0.25, 0.3) is 5.91 Å². The molecule has 0 spiro atoms. The second-order valence-electron chi connectivity index (χ2n) is 6.63. The van der Waals surface area contributed by atoms with Crippen molar-refractivity contribution in [2.75, 3.05) is 13.1 Å². The van der Waals surface area contributed by atoms with Gasteiger partial charge in [-0.1, -0.05) is 5.21 Å². The van der Waals surface area contributed by atoms with Gasteiger partial charge in [-0.2, -0.15) is 0 Å². The van der Waals surface area contributed by atoms with E-state index in [4.69, 9.17) is 4.42 Å². The maximum Gasteiger partial charge on any atom is 0.257 e. The Bertz CT molecular complexity index is 692. The number of rotatable bonds is 4. The highest BCUT2D eigenvalue weighted by molar-refractivity contribution is 5.95. The molecular weight excluding hydrogens is 296 g/mol. The first kappa shape index (κ1) is 14.4. The van der Waals surface area contributed by atoms with Gasteiger partial charge in [0.05, 0.1) is 31.1 Å². The Balaban J connectivity index is 1.50. The van der Waals surface area contributed by atoms with Crippen LogP contribution in [0.1, 0.15) is 47.7 Å². The lowest BCUT2D eigenvalue weighted by Gasteiger charge is -2.39. The number of likely N-dealkylation sites (tertiary alicyclic amines) is 1. The fourth-order valence-corrected chi connectivity index (χ4v) is 3.36.